The maximum Gasteiger partial charge on any atom is 0.345 e. The zero-order chi connectivity index (χ0) is 11.1. The van der Waals surface area contributed by atoms with E-state index in [0.29, 0.717) is 16.8 Å². The molecule has 4 nitrogen and oxygen atoms in total. The van der Waals surface area contributed by atoms with Crippen molar-refractivity contribution in [3.05, 3.63) is 46.9 Å². The Balaban J connectivity index is 2.65. The van der Waals surface area contributed by atoms with Crippen LogP contribution in [0.25, 0.3) is 21.9 Å². The lowest BCUT2D eigenvalue weighted by molar-refractivity contribution is 0.558. The normalized spacial score (nSPS) is 11.0. The van der Waals surface area contributed by atoms with Crippen molar-refractivity contribution in [2.24, 2.45) is 0 Å². The van der Waals surface area contributed by atoms with E-state index in [1.54, 1.807) is 24.4 Å². The van der Waals surface area contributed by atoms with Crippen molar-refractivity contribution in [3.8, 4) is 0 Å². The molecule has 0 radical (unpaired) electrons. The molecule has 0 saturated carbocycles. The molecule has 0 fully saturated rings. The van der Waals surface area contributed by atoms with Crippen LogP contribution in [-0.2, 0) is 0 Å². The Morgan fingerprint density at radius 3 is 2.88 bits per heavy atom. The van der Waals surface area contributed by atoms with Gasteiger partial charge in [-0.1, -0.05) is 6.07 Å². The number of aromatic nitrogens is 1. The number of nitrogens with two attached hydrogens (primary N) is 1. The molecule has 2 aromatic heterocycles. The molecule has 16 heavy (non-hydrogen) atoms. The van der Waals surface area contributed by atoms with Crippen molar-refractivity contribution in [3.63, 3.8) is 0 Å². The van der Waals surface area contributed by atoms with Gasteiger partial charge in [-0.15, -0.1) is 0 Å². The summed E-state index contributed by atoms with van der Waals surface area (Å²) in [5.41, 5.74) is 6.13. The first-order valence-electron chi connectivity index (χ1n) is 4.83. The Hall–Kier alpha value is -2.36. The lowest BCUT2D eigenvalue weighted by Crippen LogP contribution is -2.01. The highest BCUT2D eigenvalue weighted by Crippen LogP contribution is 2.22. The van der Waals surface area contributed by atoms with Crippen LogP contribution in [0, 0.1) is 0 Å². The molecular formula is C12H8N2O2. The van der Waals surface area contributed by atoms with E-state index in [9.17, 15) is 4.79 Å². The van der Waals surface area contributed by atoms with Gasteiger partial charge in [0.1, 0.15) is 0 Å². The van der Waals surface area contributed by atoms with Gasteiger partial charge in [-0.2, -0.15) is 0 Å². The van der Waals surface area contributed by atoms with Crippen molar-refractivity contribution in [1.29, 1.82) is 0 Å². The quantitative estimate of drug-likeness (QED) is 0.456. The fourth-order valence-electron chi connectivity index (χ4n) is 1.79. The molecule has 0 aliphatic rings. The first-order valence-corrected chi connectivity index (χ1v) is 4.83. The fourth-order valence-corrected chi connectivity index (χ4v) is 1.79. The summed E-state index contributed by atoms with van der Waals surface area (Å²) in [5.74, 6) is 0. The fraction of sp³-hybridized carbons (Fsp3) is 0. The van der Waals surface area contributed by atoms with Gasteiger partial charge in [0.05, 0.1) is 5.39 Å². The van der Waals surface area contributed by atoms with Gasteiger partial charge in [-0.3, -0.25) is 0 Å². The van der Waals surface area contributed by atoms with Crippen molar-refractivity contribution in [2.75, 3.05) is 5.73 Å². The smallest absolute Gasteiger partial charge is 0.345 e. The largest absolute Gasteiger partial charge is 0.403 e. The van der Waals surface area contributed by atoms with Crippen molar-refractivity contribution >= 4 is 27.6 Å². The number of hydrogen-bond donors (Lipinski definition) is 1. The lowest BCUT2D eigenvalue weighted by atomic mass is 10.1. The molecule has 3 rings (SSSR count). The van der Waals surface area contributed by atoms with Crippen LogP contribution < -0.4 is 11.4 Å². The number of pyridine rings is 1. The Labute approximate surface area is 90.3 Å². The standard InChI is InChI=1S/C12H8N2O2/c13-7-3-4-8-9-2-1-5-14-11(9)16-12(15)10(8)6-7/h1-6H,13H2. The van der Waals surface area contributed by atoms with Crippen LogP contribution >= 0.6 is 0 Å². The van der Waals surface area contributed by atoms with Gasteiger partial charge in [0.2, 0.25) is 5.71 Å². The summed E-state index contributed by atoms with van der Waals surface area (Å²) in [5, 5.41) is 2.12. The van der Waals surface area contributed by atoms with E-state index < -0.39 is 5.63 Å². The Morgan fingerprint density at radius 2 is 2.00 bits per heavy atom. The monoisotopic (exact) mass is 212 g/mol. The molecule has 0 atom stereocenters. The van der Waals surface area contributed by atoms with Gasteiger partial charge in [0, 0.05) is 22.7 Å². The average Bonchev–Trinajstić information content (AvgIpc) is 2.29. The summed E-state index contributed by atoms with van der Waals surface area (Å²) >= 11 is 0. The summed E-state index contributed by atoms with van der Waals surface area (Å²) < 4.78 is 5.11. The predicted octanol–water partition coefficient (Wildman–Crippen LogP) is 1.92. The summed E-state index contributed by atoms with van der Waals surface area (Å²) in [4.78, 5) is 15.7. The predicted molar refractivity (Wildman–Crippen MR) is 62.2 cm³/mol. The third kappa shape index (κ3) is 1.16. The topological polar surface area (TPSA) is 69.1 Å². The van der Waals surface area contributed by atoms with Crippen LogP contribution in [0.4, 0.5) is 5.69 Å². The molecule has 1 aromatic carbocycles. The minimum absolute atomic E-state index is 0.352. The average molecular weight is 212 g/mol. The van der Waals surface area contributed by atoms with E-state index in [0.717, 1.165) is 10.8 Å². The van der Waals surface area contributed by atoms with Gasteiger partial charge in [0.15, 0.2) is 0 Å². The molecule has 3 aromatic rings. The van der Waals surface area contributed by atoms with Gasteiger partial charge >= 0.3 is 5.63 Å². The maximum absolute atomic E-state index is 11.7. The zero-order valence-corrected chi connectivity index (χ0v) is 8.31. The summed E-state index contributed by atoms with van der Waals surface area (Å²) in [6.45, 7) is 0. The molecule has 0 saturated heterocycles. The molecule has 4 heteroatoms. The Morgan fingerprint density at radius 1 is 1.12 bits per heavy atom. The van der Waals surface area contributed by atoms with E-state index in [-0.39, 0.29) is 0 Å². The van der Waals surface area contributed by atoms with Crippen LogP contribution in [0.15, 0.2) is 45.7 Å². The zero-order valence-electron chi connectivity index (χ0n) is 8.31. The molecule has 0 spiro atoms. The van der Waals surface area contributed by atoms with Gasteiger partial charge < -0.3 is 10.2 Å². The summed E-state index contributed by atoms with van der Waals surface area (Å²) in [6.07, 6.45) is 1.59. The van der Waals surface area contributed by atoms with E-state index in [4.69, 9.17) is 10.2 Å². The van der Waals surface area contributed by atoms with Crippen LogP contribution in [0.1, 0.15) is 0 Å². The molecular weight excluding hydrogens is 204 g/mol. The third-order valence-electron chi connectivity index (χ3n) is 2.51. The second-order valence-corrected chi connectivity index (χ2v) is 3.55. The second-order valence-electron chi connectivity index (χ2n) is 3.55. The number of nitrogens with zero attached hydrogens (tertiary/aromatic N) is 1. The van der Waals surface area contributed by atoms with Crippen molar-refractivity contribution < 1.29 is 4.42 Å². The number of anilines is 1. The molecule has 2 heterocycles. The van der Waals surface area contributed by atoms with Gasteiger partial charge in [0.25, 0.3) is 0 Å². The molecule has 0 aliphatic heterocycles. The van der Waals surface area contributed by atoms with Crippen LogP contribution in [0.3, 0.4) is 0 Å². The van der Waals surface area contributed by atoms with Crippen molar-refractivity contribution in [1.82, 2.24) is 4.98 Å². The van der Waals surface area contributed by atoms with Crippen LogP contribution in [0.5, 0.6) is 0 Å². The molecule has 0 aliphatic carbocycles. The second kappa shape index (κ2) is 3.06. The van der Waals surface area contributed by atoms with E-state index in [2.05, 4.69) is 4.98 Å². The highest BCUT2D eigenvalue weighted by Gasteiger charge is 2.07. The third-order valence-corrected chi connectivity index (χ3v) is 2.51. The number of nitrogen functional groups attached to an aromatic ring is 1. The Bertz CT molecular complexity index is 747. The summed E-state index contributed by atoms with van der Waals surface area (Å²) in [6, 6.07) is 8.86. The molecule has 0 bridgehead atoms. The SMILES string of the molecule is Nc1ccc2c(c1)c(=O)oc1ncccc12. The first kappa shape index (κ1) is 8.91. The maximum atomic E-state index is 11.7. The van der Waals surface area contributed by atoms with Gasteiger partial charge in [-0.25, -0.2) is 9.78 Å². The highest BCUT2D eigenvalue weighted by atomic mass is 16.4. The number of hydrogen-bond acceptors (Lipinski definition) is 4. The van der Waals surface area contributed by atoms with Crippen molar-refractivity contribution in [2.45, 2.75) is 0 Å². The van der Waals surface area contributed by atoms with Crippen LogP contribution in [0.2, 0.25) is 0 Å². The first-order chi connectivity index (χ1) is 7.75. The van der Waals surface area contributed by atoms with Gasteiger partial charge in [-0.05, 0) is 24.3 Å². The van der Waals surface area contributed by atoms with E-state index in [1.807, 2.05) is 12.1 Å². The van der Waals surface area contributed by atoms with E-state index in [1.165, 1.54) is 0 Å². The molecule has 0 unspecified atom stereocenters. The molecule has 0 amide bonds. The number of fused-ring (bicyclic) bond motifs is 3. The number of benzene rings is 1. The Kier molecular flexibility index (Phi) is 1.71. The van der Waals surface area contributed by atoms with Crippen LogP contribution in [-0.4, -0.2) is 4.98 Å². The highest BCUT2D eigenvalue weighted by molar-refractivity contribution is 6.03. The minimum Gasteiger partial charge on any atom is -0.403 e. The molecule has 2 N–H and O–H groups in total. The minimum atomic E-state index is -0.409. The molecule has 78 valence electrons. The lowest BCUT2D eigenvalue weighted by Gasteiger charge is -2.01. The number of rotatable bonds is 0. The summed E-state index contributed by atoms with van der Waals surface area (Å²) in [7, 11) is 0. The van der Waals surface area contributed by atoms with E-state index >= 15 is 0 Å².